The quantitative estimate of drug-likeness (QED) is 0.566. The van der Waals surface area contributed by atoms with Crippen molar-refractivity contribution < 1.29 is 14.7 Å². The maximum Gasteiger partial charge on any atom is 0.327 e. The zero-order chi connectivity index (χ0) is 24.1. The summed E-state index contributed by atoms with van der Waals surface area (Å²) in [5.74, 6) is 0.719. The van der Waals surface area contributed by atoms with E-state index in [1.807, 2.05) is 29.2 Å². The molecule has 0 unspecified atom stereocenters. The van der Waals surface area contributed by atoms with Crippen LogP contribution in [0.25, 0.3) is 0 Å². The van der Waals surface area contributed by atoms with Gasteiger partial charge < -0.3 is 10.0 Å². The van der Waals surface area contributed by atoms with Crippen molar-refractivity contribution in [1.29, 1.82) is 0 Å². The van der Waals surface area contributed by atoms with E-state index in [2.05, 4.69) is 23.7 Å². The SMILES string of the molecule is CC(C)CCN1C(=O)N(CCCc2ccncc2)C(=O)C12CCN(Cc1ccc(O)cc1)CC2. The van der Waals surface area contributed by atoms with E-state index in [-0.39, 0.29) is 17.7 Å². The van der Waals surface area contributed by atoms with Gasteiger partial charge in [0.2, 0.25) is 0 Å². The number of benzene rings is 1. The van der Waals surface area contributed by atoms with Crippen LogP contribution in [0, 0.1) is 5.92 Å². The van der Waals surface area contributed by atoms with Crippen molar-refractivity contribution in [2.45, 2.75) is 58.0 Å². The summed E-state index contributed by atoms with van der Waals surface area (Å²) in [6.45, 7) is 7.70. The molecular formula is C27H36N4O3. The van der Waals surface area contributed by atoms with Gasteiger partial charge in [0.25, 0.3) is 5.91 Å². The molecule has 0 atom stereocenters. The number of hydrogen-bond acceptors (Lipinski definition) is 5. The van der Waals surface area contributed by atoms with Crippen LogP contribution in [-0.4, -0.2) is 68.4 Å². The molecule has 3 amide bonds. The molecule has 2 aliphatic rings. The van der Waals surface area contributed by atoms with Crippen LogP contribution in [0.1, 0.15) is 50.7 Å². The number of imide groups is 1. The number of pyridine rings is 1. The number of rotatable bonds is 9. The molecule has 2 saturated heterocycles. The lowest BCUT2D eigenvalue weighted by Crippen LogP contribution is -2.56. The number of phenolic OH excluding ortho intramolecular Hbond substituents is 1. The summed E-state index contributed by atoms with van der Waals surface area (Å²) in [5.41, 5.74) is 1.59. The molecule has 2 fully saturated rings. The number of piperidine rings is 1. The molecule has 182 valence electrons. The van der Waals surface area contributed by atoms with E-state index in [1.165, 1.54) is 10.5 Å². The van der Waals surface area contributed by atoms with Gasteiger partial charge >= 0.3 is 6.03 Å². The number of carbonyl (C=O) groups excluding carboxylic acids is 2. The molecule has 3 heterocycles. The third kappa shape index (κ3) is 5.25. The minimum Gasteiger partial charge on any atom is -0.508 e. The van der Waals surface area contributed by atoms with Gasteiger partial charge in [-0.05, 0) is 73.4 Å². The molecule has 2 aromatic rings. The number of aromatic nitrogens is 1. The highest BCUT2D eigenvalue weighted by molar-refractivity contribution is 6.07. The van der Waals surface area contributed by atoms with Gasteiger partial charge in [-0.2, -0.15) is 0 Å². The Morgan fingerprint density at radius 1 is 0.971 bits per heavy atom. The molecule has 7 heteroatoms. The molecule has 2 aliphatic heterocycles. The zero-order valence-corrected chi connectivity index (χ0v) is 20.3. The summed E-state index contributed by atoms with van der Waals surface area (Å²) in [4.78, 5) is 36.9. The van der Waals surface area contributed by atoms with E-state index >= 15 is 0 Å². The zero-order valence-electron chi connectivity index (χ0n) is 20.3. The van der Waals surface area contributed by atoms with E-state index in [4.69, 9.17) is 0 Å². The van der Waals surface area contributed by atoms with Gasteiger partial charge in [-0.25, -0.2) is 4.79 Å². The molecular weight excluding hydrogens is 428 g/mol. The molecule has 0 bridgehead atoms. The highest BCUT2D eigenvalue weighted by Gasteiger charge is 2.57. The number of aryl methyl sites for hydroxylation is 1. The predicted octanol–water partition coefficient (Wildman–Crippen LogP) is 4.06. The van der Waals surface area contributed by atoms with Gasteiger partial charge in [0, 0.05) is 45.1 Å². The molecule has 4 rings (SSSR count). The predicted molar refractivity (Wildman–Crippen MR) is 131 cm³/mol. The summed E-state index contributed by atoms with van der Waals surface area (Å²) < 4.78 is 0. The second-order valence-electron chi connectivity index (χ2n) is 10.0. The number of amides is 3. The fourth-order valence-electron chi connectivity index (χ4n) is 5.09. The van der Waals surface area contributed by atoms with Crippen LogP contribution < -0.4 is 0 Å². The average Bonchev–Trinajstić information content (AvgIpc) is 3.02. The Kier molecular flexibility index (Phi) is 7.51. The first kappa shape index (κ1) is 24.2. The normalized spacial score (nSPS) is 18.4. The molecule has 34 heavy (non-hydrogen) atoms. The summed E-state index contributed by atoms with van der Waals surface area (Å²) in [7, 11) is 0. The fraction of sp³-hybridized carbons (Fsp3) is 0.519. The standard InChI is InChI=1S/C27H36N4O3/c1-21(2)11-17-31-26(34)30(16-3-4-22-9-14-28-15-10-22)25(33)27(31)12-18-29(19-13-27)20-23-5-7-24(32)8-6-23/h5-10,14-15,21,32H,3-4,11-13,16-20H2,1-2H3. The van der Waals surface area contributed by atoms with Gasteiger partial charge in [0.05, 0.1) is 0 Å². The largest absolute Gasteiger partial charge is 0.508 e. The highest BCUT2D eigenvalue weighted by Crippen LogP contribution is 2.38. The van der Waals surface area contributed by atoms with Crippen molar-refractivity contribution in [3.8, 4) is 5.75 Å². The second kappa shape index (κ2) is 10.6. The Balaban J connectivity index is 1.43. The Labute approximate surface area is 202 Å². The number of nitrogens with zero attached hydrogens (tertiary/aromatic N) is 4. The molecule has 1 aromatic carbocycles. The van der Waals surface area contributed by atoms with Crippen molar-refractivity contribution in [3.05, 3.63) is 59.9 Å². The van der Waals surface area contributed by atoms with Crippen LogP contribution in [0.4, 0.5) is 4.79 Å². The minimum absolute atomic E-state index is 0.0136. The van der Waals surface area contributed by atoms with Crippen molar-refractivity contribution >= 4 is 11.9 Å². The summed E-state index contributed by atoms with van der Waals surface area (Å²) in [6, 6.07) is 11.1. The molecule has 0 aliphatic carbocycles. The Morgan fingerprint density at radius 2 is 1.65 bits per heavy atom. The van der Waals surface area contributed by atoms with Crippen LogP contribution in [-0.2, 0) is 17.8 Å². The number of hydrogen-bond donors (Lipinski definition) is 1. The number of likely N-dealkylation sites (tertiary alicyclic amines) is 1. The van der Waals surface area contributed by atoms with Gasteiger partial charge in [0.15, 0.2) is 0 Å². The fourth-order valence-corrected chi connectivity index (χ4v) is 5.09. The van der Waals surface area contributed by atoms with Gasteiger partial charge in [0.1, 0.15) is 11.3 Å². The van der Waals surface area contributed by atoms with Gasteiger partial charge in [-0.1, -0.05) is 26.0 Å². The van der Waals surface area contributed by atoms with Crippen molar-refractivity contribution in [2.75, 3.05) is 26.2 Å². The third-order valence-electron chi connectivity index (χ3n) is 7.17. The molecule has 1 N–H and O–H groups in total. The van der Waals surface area contributed by atoms with Crippen molar-refractivity contribution in [2.24, 2.45) is 5.92 Å². The summed E-state index contributed by atoms with van der Waals surface area (Å²) in [6.07, 6.45) is 7.33. The van der Waals surface area contributed by atoms with Crippen LogP contribution in [0.2, 0.25) is 0 Å². The first-order valence-electron chi connectivity index (χ1n) is 12.4. The van der Waals surface area contributed by atoms with E-state index in [9.17, 15) is 14.7 Å². The van der Waals surface area contributed by atoms with Crippen LogP contribution >= 0.6 is 0 Å². The molecule has 1 spiro atoms. The average molecular weight is 465 g/mol. The lowest BCUT2D eigenvalue weighted by atomic mass is 9.85. The molecule has 0 saturated carbocycles. The first-order valence-corrected chi connectivity index (χ1v) is 12.4. The van der Waals surface area contributed by atoms with E-state index in [0.717, 1.165) is 44.5 Å². The maximum atomic E-state index is 13.7. The van der Waals surface area contributed by atoms with Gasteiger partial charge in [-0.3, -0.25) is 19.6 Å². The third-order valence-corrected chi connectivity index (χ3v) is 7.17. The van der Waals surface area contributed by atoms with Crippen molar-refractivity contribution in [1.82, 2.24) is 19.7 Å². The highest BCUT2D eigenvalue weighted by atomic mass is 16.3. The topological polar surface area (TPSA) is 77.0 Å². The van der Waals surface area contributed by atoms with E-state index < -0.39 is 5.54 Å². The maximum absolute atomic E-state index is 13.7. The second-order valence-corrected chi connectivity index (χ2v) is 10.0. The lowest BCUT2D eigenvalue weighted by Gasteiger charge is -2.42. The van der Waals surface area contributed by atoms with E-state index in [0.29, 0.717) is 31.8 Å². The van der Waals surface area contributed by atoms with Crippen molar-refractivity contribution in [3.63, 3.8) is 0 Å². The first-order chi connectivity index (χ1) is 16.4. The Morgan fingerprint density at radius 3 is 2.29 bits per heavy atom. The van der Waals surface area contributed by atoms with Crippen LogP contribution in [0.5, 0.6) is 5.75 Å². The summed E-state index contributed by atoms with van der Waals surface area (Å²) >= 11 is 0. The molecule has 1 aromatic heterocycles. The molecule has 0 radical (unpaired) electrons. The number of phenols is 1. The monoisotopic (exact) mass is 464 g/mol. The van der Waals surface area contributed by atoms with Crippen LogP contribution in [0.15, 0.2) is 48.8 Å². The smallest absolute Gasteiger partial charge is 0.327 e. The Bertz CT molecular complexity index is 969. The number of urea groups is 1. The Hall–Kier alpha value is -2.93. The lowest BCUT2D eigenvalue weighted by molar-refractivity contribution is -0.135. The number of aromatic hydroxyl groups is 1. The molecule has 7 nitrogen and oxygen atoms in total. The minimum atomic E-state index is -0.714. The van der Waals surface area contributed by atoms with Crippen LogP contribution in [0.3, 0.4) is 0 Å². The number of carbonyl (C=O) groups is 2. The van der Waals surface area contributed by atoms with Gasteiger partial charge in [-0.15, -0.1) is 0 Å². The summed E-state index contributed by atoms with van der Waals surface area (Å²) in [5, 5.41) is 9.53. The van der Waals surface area contributed by atoms with E-state index in [1.54, 1.807) is 24.5 Å².